The third-order valence-corrected chi connectivity index (χ3v) is 10.3. The zero-order chi connectivity index (χ0) is 31.0. The van der Waals surface area contributed by atoms with Crippen LogP contribution in [0.2, 0.25) is 0 Å². The molecule has 7 aromatic carbocycles. The van der Waals surface area contributed by atoms with Gasteiger partial charge in [0.2, 0.25) is 0 Å². The molecular formula is C40H28B2N2OS. The first kappa shape index (κ1) is 27.2. The molecule has 1 N–H and O–H groups in total. The fourth-order valence-corrected chi connectivity index (χ4v) is 8.19. The molecule has 0 aliphatic carbocycles. The molecule has 9 rings (SSSR count). The van der Waals surface area contributed by atoms with Gasteiger partial charge in [-0.15, -0.1) is 11.3 Å². The number of fused-ring (bicyclic) bond motifs is 6. The lowest BCUT2D eigenvalue weighted by molar-refractivity contribution is 0.205. The largest absolute Gasteiger partial charge is 0.400 e. The molecule has 0 aliphatic heterocycles. The van der Waals surface area contributed by atoms with Crippen LogP contribution < -0.4 is 0 Å². The second-order valence-electron chi connectivity index (χ2n) is 12.5. The highest BCUT2D eigenvalue weighted by Gasteiger charge is 2.26. The van der Waals surface area contributed by atoms with Crippen molar-refractivity contribution in [1.29, 1.82) is 0 Å². The van der Waals surface area contributed by atoms with E-state index in [9.17, 15) is 5.11 Å². The molecule has 0 bridgehead atoms. The normalized spacial score (nSPS) is 12.2. The van der Waals surface area contributed by atoms with Gasteiger partial charge in [-0.3, -0.25) is 4.57 Å². The predicted molar refractivity (Wildman–Crippen MR) is 201 cm³/mol. The smallest absolute Gasteiger partial charge is 0.141 e. The first-order valence-corrected chi connectivity index (χ1v) is 16.4. The lowest BCUT2D eigenvalue weighted by atomic mass is 9.65. The molecule has 0 atom stereocenters. The second kappa shape index (κ2) is 10.2. The molecule has 0 aliphatic rings. The fourth-order valence-electron chi connectivity index (χ4n) is 7.11. The van der Waals surface area contributed by atoms with E-state index in [1.54, 1.807) is 15.7 Å². The number of aromatic nitrogens is 2. The Labute approximate surface area is 272 Å². The Morgan fingerprint density at radius 3 is 1.72 bits per heavy atom. The van der Waals surface area contributed by atoms with Gasteiger partial charge in [-0.1, -0.05) is 97.1 Å². The molecule has 3 nitrogen and oxygen atoms in total. The molecule has 0 fully saturated rings. The zero-order valence-electron chi connectivity index (χ0n) is 25.5. The topological polar surface area (TPSA) is 38.1 Å². The van der Waals surface area contributed by atoms with Gasteiger partial charge in [0, 0.05) is 25.9 Å². The summed E-state index contributed by atoms with van der Waals surface area (Å²) in [4.78, 5) is 4.81. The van der Waals surface area contributed by atoms with Gasteiger partial charge < -0.3 is 5.11 Å². The molecule has 0 saturated carbocycles. The number of rotatable bonds is 4. The Bertz CT molecular complexity index is 2570. The Hall–Kier alpha value is -5.16. The van der Waals surface area contributed by atoms with Crippen molar-refractivity contribution in [2.45, 2.75) is 5.40 Å². The predicted octanol–water partition coefficient (Wildman–Crippen LogP) is 8.40. The van der Waals surface area contributed by atoms with E-state index in [-0.39, 0.29) is 0 Å². The van der Waals surface area contributed by atoms with Crippen molar-refractivity contribution in [2.24, 2.45) is 0 Å². The summed E-state index contributed by atoms with van der Waals surface area (Å²) in [5, 5.41) is 17.5. The molecule has 0 amide bonds. The molecule has 2 heterocycles. The maximum absolute atomic E-state index is 11.0. The van der Waals surface area contributed by atoms with Crippen molar-refractivity contribution in [3.05, 3.63) is 145 Å². The Kier molecular flexibility index (Phi) is 6.01. The molecule has 216 valence electrons. The maximum atomic E-state index is 11.0. The summed E-state index contributed by atoms with van der Waals surface area (Å²) in [6.07, 6.45) is 0. The van der Waals surface area contributed by atoms with Crippen LogP contribution in [0.5, 0.6) is 0 Å². The number of para-hydroxylation sites is 2. The van der Waals surface area contributed by atoms with Crippen molar-refractivity contribution < 1.29 is 5.11 Å². The van der Waals surface area contributed by atoms with Crippen LogP contribution >= 0.6 is 11.3 Å². The summed E-state index contributed by atoms with van der Waals surface area (Å²) in [7, 11) is 3.58. The highest BCUT2D eigenvalue weighted by atomic mass is 32.1. The summed E-state index contributed by atoms with van der Waals surface area (Å²) in [5.74, 6) is 0.622. The van der Waals surface area contributed by atoms with Crippen molar-refractivity contribution in [2.75, 3.05) is 0 Å². The first-order valence-electron chi connectivity index (χ1n) is 15.6. The SMILES string of the molecule is BC(B)(O)c1nc2ccccc2n1-c1ccc(-c2c3ccccc3c(-c3ccc4sc5ccccc5c4c3)c3ccccc23)cc1. The number of hydrogen-bond acceptors (Lipinski definition) is 3. The van der Waals surface area contributed by atoms with Gasteiger partial charge in [0.05, 0.1) is 16.4 Å². The van der Waals surface area contributed by atoms with Crippen molar-refractivity contribution in [3.8, 4) is 27.9 Å². The number of benzene rings is 7. The Balaban J connectivity index is 1.27. The van der Waals surface area contributed by atoms with Crippen LogP contribution in [0.1, 0.15) is 5.82 Å². The number of nitrogens with zero attached hydrogens (tertiary/aromatic N) is 2. The highest BCUT2D eigenvalue weighted by Crippen LogP contribution is 2.45. The summed E-state index contributed by atoms with van der Waals surface area (Å²) in [6.45, 7) is 0. The van der Waals surface area contributed by atoms with Crippen LogP contribution in [0.15, 0.2) is 140 Å². The molecule has 2 aromatic heterocycles. The standard InChI is InChI=1S/C40H28B2N2OS/c41-40(42,45)39-43-33-14-6-7-15-34(33)44(39)26-20-17-24(18-21-26)37-28-10-1-3-12-30(28)38(31-13-4-2-11-29(31)37)25-19-22-36-32(23-25)27-9-5-8-16-35(27)46-36/h1-23,45H,41-42H2. The minimum absolute atomic E-state index is 0.622. The summed E-state index contributed by atoms with van der Waals surface area (Å²) >= 11 is 1.86. The quantitative estimate of drug-likeness (QED) is 0.161. The van der Waals surface area contributed by atoms with Crippen LogP contribution in [-0.2, 0) is 5.40 Å². The number of hydrogen-bond donors (Lipinski definition) is 1. The summed E-state index contributed by atoms with van der Waals surface area (Å²) in [5.41, 5.74) is 7.68. The van der Waals surface area contributed by atoms with Crippen LogP contribution in [0.3, 0.4) is 0 Å². The third kappa shape index (κ3) is 4.14. The van der Waals surface area contributed by atoms with E-state index in [2.05, 4.69) is 126 Å². The van der Waals surface area contributed by atoms with Crippen molar-refractivity contribution >= 4 is 79.8 Å². The lowest BCUT2D eigenvalue weighted by Crippen LogP contribution is -2.30. The van der Waals surface area contributed by atoms with E-state index in [4.69, 9.17) is 4.98 Å². The van der Waals surface area contributed by atoms with Gasteiger partial charge in [0.15, 0.2) is 0 Å². The fraction of sp³-hybridized carbons (Fsp3) is 0.0250. The maximum Gasteiger partial charge on any atom is 0.141 e. The average molecular weight is 606 g/mol. The zero-order valence-corrected chi connectivity index (χ0v) is 26.3. The minimum Gasteiger partial charge on any atom is -0.400 e. The van der Waals surface area contributed by atoms with Gasteiger partial charge in [-0.25, -0.2) is 4.98 Å². The third-order valence-electron chi connectivity index (χ3n) is 9.12. The number of thiophene rings is 1. The summed E-state index contributed by atoms with van der Waals surface area (Å²) < 4.78 is 4.71. The highest BCUT2D eigenvalue weighted by molar-refractivity contribution is 7.25. The van der Waals surface area contributed by atoms with E-state index in [1.165, 1.54) is 58.4 Å². The molecule has 6 heteroatoms. The van der Waals surface area contributed by atoms with E-state index < -0.39 is 5.40 Å². The molecule has 0 unspecified atom stereocenters. The monoisotopic (exact) mass is 606 g/mol. The van der Waals surface area contributed by atoms with Gasteiger partial charge in [0.25, 0.3) is 0 Å². The van der Waals surface area contributed by atoms with Gasteiger partial charge >= 0.3 is 0 Å². The van der Waals surface area contributed by atoms with Gasteiger partial charge in [0.1, 0.15) is 21.5 Å². The van der Waals surface area contributed by atoms with E-state index in [0.29, 0.717) is 5.82 Å². The van der Waals surface area contributed by atoms with Crippen LogP contribution in [-0.4, -0.2) is 30.4 Å². The number of imidazole rings is 1. The number of aliphatic hydroxyl groups is 1. The van der Waals surface area contributed by atoms with E-state index in [0.717, 1.165) is 22.3 Å². The molecule has 0 spiro atoms. The van der Waals surface area contributed by atoms with Gasteiger partial charge in [-0.2, -0.15) is 0 Å². The summed E-state index contributed by atoms with van der Waals surface area (Å²) in [6, 6.07) is 50.0. The van der Waals surface area contributed by atoms with Gasteiger partial charge in [-0.05, 0) is 86.3 Å². The molecule has 0 radical (unpaired) electrons. The molecule has 0 saturated heterocycles. The van der Waals surface area contributed by atoms with Crippen molar-refractivity contribution in [1.82, 2.24) is 9.55 Å². The average Bonchev–Trinajstić information content (AvgIpc) is 3.66. The Morgan fingerprint density at radius 1 is 0.543 bits per heavy atom. The first-order chi connectivity index (χ1) is 22.5. The lowest BCUT2D eigenvalue weighted by Gasteiger charge is -2.20. The van der Waals surface area contributed by atoms with Crippen LogP contribution in [0, 0.1) is 0 Å². The molecule has 9 aromatic rings. The minimum atomic E-state index is -1.10. The molecule has 46 heavy (non-hydrogen) atoms. The van der Waals surface area contributed by atoms with Crippen LogP contribution in [0.4, 0.5) is 0 Å². The van der Waals surface area contributed by atoms with Crippen LogP contribution in [0.25, 0.3) is 80.7 Å². The van der Waals surface area contributed by atoms with E-state index >= 15 is 0 Å². The Morgan fingerprint density at radius 2 is 1.07 bits per heavy atom. The van der Waals surface area contributed by atoms with Crippen molar-refractivity contribution in [3.63, 3.8) is 0 Å². The van der Waals surface area contributed by atoms with E-state index in [1.807, 2.05) is 29.5 Å². The molecular weight excluding hydrogens is 578 g/mol. The second-order valence-corrected chi connectivity index (χ2v) is 13.6.